The second-order valence-corrected chi connectivity index (χ2v) is 6.91. The molecule has 0 atom stereocenters. The highest BCUT2D eigenvalue weighted by Crippen LogP contribution is 2.27. The largest absolute Gasteiger partial charge is 0.379 e. The lowest BCUT2D eigenvalue weighted by Gasteiger charge is -2.06. The van der Waals surface area contributed by atoms with Gasteiger partial charge in [0.2, 0.25) is 0 Å². The quantitative estimate of drug-likeness (QED) is 0.574. The maximum atomic E-state index is 12.2. The molecule has 1 heterocycles. The molecule has 0 amide bonds. The number of hydrogen-bond donors (Lipinski definition) is 0. The predicted molar refractivity (Wildman–Crippen MR) is 79.9 cm³/mol. The Labute approximate surface area is 129 Å². The lowest BCUT2D eigenvalue weighted by atomic mass is 10.3. The fraction of sp³-hybridized carbons (Fsp3) is 0.182. The molecule has 1 aromatic carbocycles. The summed E-state index contributed by atoms with van der Waals surface area (Å²) in [6, 6.07) is 6.74. The summed E-state index contributed by atoms with van der Waals surface area (Å²) in [6.07, 6.45) is 0. The van der Waals surface area contributed by atoms with Crippen molar-refractivity contribution in [2.45, 2.75) is 11.8 Å². The molecule has 0 saturated carbocycles. The highest BCUT2D eigenvalue weighted by atomic mass is 127. The summed E-state index contributed by atoms with van der Waals surface area (Å²) in [5.74, 6) is 0.242. The van der Waals surface area contributed by atoms with Gasteiger partial charge in [0.05, 0.1) is 5.69 Å². The molecule has 8 heteroatoms. The summed E-state index contributed by atoms with van der Waals surface area (Å²) in [5.41, 5.74) is 0.304. The molecular formula is C11H10ClIN2O3S. The van der Waals surface area contributed by atoms with Gasteiger partial charge < -0.3 is 4.18 Å². The van der Waals surface area contributed by atoms with Crippen molar-refractivity contribution in [1.29, 1.82) is 0 Å². The van der Waals surface area contributed by atoms with Gasteiger partial charge in [0.1, 0.15) is 10.9 Å². The van der Waals surface area contributed by atoms with Crippen LogP contribution in [0.15, 0.2) is 29.2 Å². The van der Waals surface area contributed by atoms with Crippen molar-refractivity contribution in [3.05, 3.63) is 38.7 Å². The molecule has 2 rings (SSSR count). The molecule has 0 N–H and O–H groups in total. The molecule has 102 valence electrons. The van der Waals surface area contributed by atoms with E-state index in [4.69, 9.17) is 15.8 Å². The topological polar surface area (TPSA) is 61.2 Å². The van der Waals surface area contributed by atoms with Gasteiger partial charge in [-0.25, -0.2) is 0 Å². The lowest BCUT2D eigenvalue weighted by molar-refractivity contribution is 0.485. The van der Waals surface area contributed by atoms with E-state index in [0.717, 1.165) is 3.57 Å². The number of hydrogen-bond acceptors (Lipinski definition) is 4. The first kappa shape index (κ1) is 14.6. The van der Waals surface area contributed by atoms with E-state index in [1.165, 1.54) is 4.68 Å². The zero-order valence-corrected chi connectivity index (χ0v) is 13.8. The van der Waals surface area contributed by atoms with Gasteiger partial charge in [-0.3, -0.25) is 4.68 Å². The molecule has 0 aliphatic rings. The summed E-state index contributed by atoms with van der Waals surface area (Å²) in [4.78, 5) is -0.101. The number of aromatic nitrogens is 2. The highest BCUT2D eigenvalue weighted by molar-refractivity contribution is 14.1. The Hall–Kier alpha value is -0.800. The van der Waals surface area contributed by atoms with Gasteiger partial charge in [-0.1, -0.05) is 17.7 Å². The van der Waals surface area contributed by atoms with Crippen molar-refractivity contribution in [3.8, 4) is 5.75 Å². The molecule has 0 aliphatic heterocycles. The van der Waals surface area contributed by atoms with Crippen LogP contribution >= 0.6 is 34.2 Å². The first-order chi connectivity index (χ1) is 8.81. The third kappa shape index (κ3) is 3.03. The van der Waals surface area contributed by atoms with Crippen LogP contribution in [0.2, 0.25) is 5.15 Å². The standard InChI is InChI=1S/C11H10ClIN2O3S/c1-7-10(11(12)15(2)14-7)19(16,17)18-9-5-3-4-8(13)6-9/h3-6H,1-2H3. The summed E-state index contributed by atoms with van der Waals surface area (Å²) in [6.45, 7) is 1.57. The van der Waals surface area contributed by atoms with E-state index < -0.39 is 10.1 Å². The van der Waals surface area contributed by atoms with E-state index >= 15 is 0 Å². The first-order valence-electron chi connectivity index (χ1n) is 5.20. The van der Waals surface area contributed by atoms with Crippen molar-refractivity contribution in [2.75, 3.05) is 0 Å². The fourth-order valence-corrected chi connectivity index (χ4v) is 3.74. The third-order valence-electron chi connectivity index (χ3n) is 2.35. The van der Waals surface area contributed by atoms with Crippen molar-refractivity contribution in [1.82, 2.24) is 9.78 Å². The molecule has 0 unspecified atom stereocenters. The molecule has 19 heavy (non-hydrogen) atoms. The number of aryl methyl sites for hydroxylation is 2. The van der Waals surface area contributed by atoms with Gasteiger partial charge in [0, 0.05) is 10.6 Å². The Morgan fingerprint density at radius 1 is 1.42 bits per heavy atom. The van der Waals surface area contributed by atoms with Crippen molar-refractivity contribution < 1.29 is 12.6 Å². The predicted octanol–water partition coefficient (Wildman–Crippen LogP) is 2.75. The van der Waals surface area contributed by atoms with Crippen LogP contribution in [0, 0.1) is 10.5 Å². The van der Waals surface area contributed by atoms with Crippen LogP contribution in [0.5, 0.6) is 5.75 Å². The summed E-state index contributed by atoms with van der Waals surface area (Å²) < 4.78 is 31.7. The Morgan fingerprint density at radius 3 is 2.63 bits per heavy atom. The van der Waals surface area contributed by atoms with E-state index in [-0.39, 0.29) is 15.8 Å². The number of benzene rings is 1. The van der Waals surface area contributed by atoms with E-state index in [9.17, 15) is 8.42 Å². The van der Waals surface area contributed by atoms with Crippen molar-refractivity contribution >= 4 is 44.3 Å². The normalized spacial score (nSPS) is 11.6. The van der Waals surface area contributed by atoms with Crippen LogP contribution in [0.25, 0.3) is 0 Å². The maximum absolute atomic E-state index is 12.2. The molecule has 0 saturated heterocycles. The van der Waals surface area contributed by atoms with Crippen LogP contribution in [-0.2, 0) is 17.2 Å². The van der Waals surface area contributed by atoms with Crippen molar-refractivity contribution in [3.63, 3.8) is 0 Å². The SMILES string of the molecule is Cc1nn(C)c(Cl)c1S(=O)(=O)Oc1cccc(I)c1. The number of nitrogens with zero attached hydrogens (tertiary/aromatic N) is 2. The lowest BCUT2D eigenvalue weighted by Crippen LogP contribution is -2.11. The van der Waals surface area contributed by atoms with Crippen LogP contribution in [0.3, 0.4) is 0 Å². The zero-order valence-electron chi connectivity index (χ0n) is 10.1. The van der Waals surface area contributed by atoms with Crippen LogP contribution < -0.4 is 4.18 Å². The van der Waals surface area contributed by atoms with E-state index in [1.807, 2.05) is 6.07 Å². The molecule has 0 radical (unpaired) electrons. The molecule has 0 aliphatic carbocycles. The Bertz CT molecular complexity index is 728. The molecule has 1 aromatic heterocycles. The number of halogens is 2. The van der Waals surface area contributed by atoms with E-state index in [0.29, 0.717) is 5.69 Å². The zero-order chi connectivity index (χ0) is 14.2. The van der Waals surface area contributed by atoms with Crippen LogP contribution in [0.4, 0.5) is 0 Å². The van der Waals surface area contributed by atoms with Crippen LogP contribution in [-0.4, -0.2) is 18.2 Å². The minimum atomic E-state index is -3.99. The van der Waals surface area contributed by atoms with Gasteiger partial charge in [0.15, 0.2) is 4.90 Å². The minimum Gasteiger partial charge on any atom is -0.379 e. The van der Waals surface area contributed by atoms with Crippen LogP contribution in [0.1, 0.15) is 5.69 Å². The molecular weight excluding hydrogens is 403 g/mol. The molecule has 0 spiro atoms. The second-order valence-electron chi connectivity index (χ2n) is 3.82. The smallest absolute Gasteiger partial charge is 0.344 e. The average Bonchev–Trinajstić information content (AvgIpc) is 2.52. The Morgan fingerprint density at radius 2 is 2.11 bits per heavy atom. The van der Waals surface area contributed by atoms with Crippen molar-refractivity contribution in [2.24, 2.45) is 7.05 Å². The van der Waals surface area contributed by atoms with Gasteiger partial charge in [-0.05, 0) is 47.7 Å². The Balaban J connectivity index is 2.44. The average molecular weight is 413 g/mol. The second kappa shape index (κ2) is 5.29. The highest BCUT2D eigenvalue weighted by Gasteiger charge is 2.27. The van der Waals surface area contributed by atoms with E-state index in [1.54, 1.807) is 32.2 Å². The number of rotatable bonds is 3. The maximum Gasteiger partial charge on any atom is 0.344 e. The fourth-order valence-electron chi connectivity index (χ4n) is 1.58. The molecule has 0 bridgehead atoms. The third-order valence-corrected chi connectivity index (χ3v) is 4.97. The van der Waals surface area contributed by atoms with Gasteiger partial charge >= 0.3 is 10.1 Å². The summed E-state index contributed by atoms with van der Waals surface area (Å²) >= 11 is 8.01. The molecule has 2 aromatic rings. The summed E-state index contributed by atoms with van der Waals surface area (Å²) in [7, 11) is -2.42. The van der Waals surface area contributed by atoms with Gasteiger partial charge in [-0.2, -0.15) is 13.5 Å². The van der Waals surface area contributed by atoms with E-state index in [2.05, 4.69) is 27.7 Å². The minimum absolute atomic E-state index is 0.0307. The first-order valence-corrected chi connectivity index (χ1v) is 8.07. The monoisotopic (exact) mass is 412 g/mol. The Kier molecular flexibility index (Phi) is 4.07. The van der Waals surface area contributed by atoms with Gasteiger partial charge in [0.25, 0.3) is 0 Å². The van der Waals surface area contributed by atoms with Gasteiger partial charge in [-0.15, -0.1) is 0 Å². The molecule has 5 nitrogen and oxygen atoms in total. The molecule has 0 fully saturated rings. The summed E-state index contributed by atoms with van der Waals surface area (Å²) in [5, 5.41) is 3.99.